The van der Waals surface area contributed by atoms with E-state index in [4.69, 9.17) is 9.47 Å². The van der Waals surface area contributed by atoms with Crippen LogP contribution in [0.3, 0.4) is 0 Å². The standard InChI is InChI=1S/C25H32O6/c1-3-5-7-20-13-18(9-11-22(20)26)16-30-24(28)15-25(29)31-17-19-10-12-23(27)21(14-19)8-6-4-2/h9-14,26-27H,3-8,15-17H2,1-2H3. The molecule has 2 N–H and O–H groups in total. The lowest BCUT2D eigenvalue weighted by molar-refractivity contribution is -0.156. The average Bonchev–Trinajstić information content (AvgIpc) is 2.76. The number of esters is 2. The second kappa shape index (κ2) is 12.6. The Balaban J connectivity index is 1.79. The normalized spacial score (nSPS) is 10.6. The third kappa shape index (κ3) is 8.32. The van der Waals surface area contributed by atoms with Gasteiger partial charge in [-0.3, -0.25) is 9.59 Å². The smallest absolute Gasteiger partial charge is 0.317 e. The van der Waals surface area contributed by atoms with Crippen LogP contribution in [-0.2, 0) is 45.1 Å². The van der Waals surface area contributed by atoms with Crippen molar-refractivity contribution in [3.8, 4) is 11.5 Å². The number of hydrogen-bond acceptors (Lipinski definition) is 6. The van der Waals surface area contributed by atoms with Gasteiger partial charge in [0.2, 0.25) is 0 Å². The number of aryl methyl sites for hydroxylation is 2. The number of unbranched alkanes of at least 4 members (excludes halogenated alkanes) is 2. The monoisotopic (exact) mass is 428 g/mol. The van der Waals surface area contributed by atoms with Crippen LogP contribution >= 0.6 is 0 Å². The lowest BCUT2D eigenvalue weighted by Crippen LogP contribution is -2.14. The van der Waals surface area contributed by atoms with Gasteiger partial charge in [-0.05, 0) is 72.2 Å². The molecule has 0 aliphatic rings. The van der Waals surface area contributed by atoms with Crippen molar-refractivity contribution in [1.29, 1.82) is 0 Å². The number of phenols is 2. The van der Waals surface area contributed by atoms with Crippen molar-refractivity contribution in [3.63, 3.8) is 0 Å². The predicted octanol–water partition coefficient (Wildman–Crippen LogP) is 4.96. The first-order valence-electron chi connectivity index (χ1n) is 10.9. The summed E-state index contributed by atoms with van der Waals surface area (Å²) >= 11 is 0. The molecule has 0 amide bonds. The van der Waals surface area contributed by atoms with Gasteiger partial charge >= 0.3 is 11.9 Å². The molecule has 0 spiro atoms. The second-order valence-electron chi connectivity index (χ2n) is 7.63. The Morgan fingerprint density at radius 2 is 1.16 bits per heavy atom. The number of phenolic OH excluding ortho intramolecular Hbond substituents is 2. The molecule has 0 atom stereocenters. The van der Waals surface area contributed by atoms with Gasteiger partial charge in [-0.2, -0.15) is 0 Å². The molecule has 0 saturated heterocycles. The summed E-state index contributed by atoms with van der Waals surface area (Å²) in [6.07, 6.45) is 5.01. The van der Waals surface area contributed by atoms with Crippen LogP contribution in [0.2, 0.25) is 0 Å². The highest BCUT2D eigenvalue weighted by molar-refractivity contribution is 5.91. The molecule has 0 radical (unpaired) electrons. The molecule has 0 unspecified atom stereocenters. The van der Waals surface area contributed by atoms with Crippen LogP contribution in [0.15, 0.2) is 36.4 Å². The molecule has 168 valence electrons. The summed E-state index contributed by atoms with van der Waals surface area (Å²) in [5, 5.41) is 19.8. The number of rotatable bonds is 12. The first kappa shape index (κ1) is 24.3. The third-order valence-electron chi connectivity index (χ3n) is 4.98. The minimum atomic E-state index is -0.664. The summed E-state index contributed by atoms with van der Waals surface area (Å²) in [7, 11) is 0. The number of carbonyl (C=O) groups is 2. The SMILES string of the molecule is CCCCc1cc(COC(=O)CC(=O)OCc2ccc(O)c(CCCC)c2)ccc1O. The molecule has 0 fully saturated rings. The van der Waals surface area contributed by atoms with E-state index >= 15 is 0 Å². The third-order valence-corrected chi connectivity index (χ3v) is 4.98. The van der Waals surface area contributed by atoms with Crippen LogP contribution in [0, 0.1) is 0 Å². The van der Waals surface area contributed by atoms with E-state index in [0.717, 1.165) is 60.8 Å². The van der Waals surface area contributed by atoms with E-state index in [0.29, 0.717) is 0 Å². The molecule has 0 heterocycles. The van der Waals surface area contributed by atoms with Crippen LogP contribution in [-0.4, -0.2) is 22.2 Å². The molecule has 2 rings (SSSR count). The Labute approximate surface area is 183 Å². The van der Waals surface area contributed by atoms with Crippen LogP contribution < -0.4 is 0 Å². The molecule has 0 aliphatic carbocycles. The maximum Gasteiger partial charge on any atom is 0.317 e. The molecule has 0 saturated carbocycles. The van der Waals surface area contributed by atoms with Gasteiger partial charge in [-0.25, -0.2) is 0 Å². The minimum absolute atomic E-state index is 0.0320. The van der Waals surface area contributed by atoms with E-state index in [9.17, 15) is 19.8 Å². The molecule has 6 nitrogen and oxygen atoms in total. The van der Waals surface area contributed by atoms with E-state index < -0.39 is 18.4 Å². The molecule has 0 aromatic heterocycles. The van der Waals surface area contributed by atoms with Gasteiger partial charge in [0.05, 0.1) is 0 Å². The summed E-state index contributed by atoms with van der Waals surface area (Å²) < 4.78 is 10.3. The molecular formula is C25H32O6. The average molecular weight is 429 g/mol. The highest BCUT2D eigenvalue weighted by Crippen LogP contribution is 2.22. The van der Waals surface area contributed by atoms with Gasteiger partial charge in [-0.1, -0.05) is 38.8 Å². The number of carbonyl (C=O) groups excluding carboxylic acids is 2. The van der Waals surface area contributed by atoms with E-state index in [1.54, 1.807) is 24.3 Å². The molecule has 2 aromatic rings. The van der Waals surface area contributed by atoms with E-state index in [1.807, 2.05) is 12.1 Å². The lowest BCUT2D eigenvalue weighted by atomic mass is 10.0. The predicted molar refractivity (Wildman–Crippen MR) is 118 cm³/mol. The Bertz CT molecular complexity index is 803. The maximum absolute atomic E-state index is 12.0. The zero-order valence-electron chi connectivity index (χ0n) is 18.4. The van der Waals surface area contributed by atoms with Crippen molar-refractivity contribution in [1.82, 2.24) is 0 Å². The largest absolute Gasteiger partial charge is 0.508 e. The summed E-state index contributed by atoms with van der Waals surface area (Å²) in [5.74, 6) is -0.858. The van der Waals surface area contributed by atoms with Crippen molar-refractivity contribution in [2.75, 3.05) is 0 Å². The van der Waals surface area contributed by atoms with Gasteiger partial charge in [0.1, 0.15) is 31.1 Å². The number of benzene rings is 2. The molecular weight excluding hydrogens is 396 g/mol. The van der Waals surface area contributed by atoms with E-state index in [-0.39, 0.29) is 24.7 Å². The minimum Gasteiger partial charge on any atom is -0.508 e. The van der Waals surface area contributed by atoms with Gasteiger partial charge < -0.3 is 19.7 Å². The number of hydrogen-bond donors (Lipinski definition) is 2. The zero-order valence-corrected chi connectivity index (χ0v) is 18.4. The molecule has 2 aromatic carbocycles. The summed E-state index contributed by atoms with van der Waals surface area (Å²) in [6.45, 7) is 4.22. The van der Waals surface area contributed by atoms with Crippen molar-refractivity contribution in [3.05, 3.63) is 58.7 Å². The second-order valence-corrected chi connectivity index (χ2v) is 7.63. The van der Waals surface area contributed by atoms with Crippen LogP contribution in [0.25, 0.3) is 0 Å². The van der Waals surface area contributed by atoms with Crippen LogP contribution in [0.5, 0.6) is 11.5 Å². The summed E-state index contributed by atoms with van der Waals surface area (Å²) in [5.41, 5.74) is 3.16. The van der Waals surface area contributed by atoms with Crippen LogP contribution in [0.4, 0.5) is 0 Å². The Morgan fingerprint density at radius 3 is 1.55 bits per heavy atom. The highest BCUT2D eigenvalue weighted by atomic mass is 16.6. The molecule has 0 bridgehead atoms. The Hall–Kier alpha value is -3.02. The van der Waals surface area contributed by atoms with Crippen molar-refractivity contribution >= 4 is 11.9 Å². The molecule has 31 heavy (non-hydrogen) atoms. The summed E-state index contributed by atoms with van der Waals surface area (Å²) in [4.78, 5) is 23.9. The molecule has 0 aliphatic heterocycles. The van der Waals surface area contributed by atoms with Crippen molar-refractivity contribution in [2.24, 2.45) is 0 Å². The number of aromatic hydroxyl groups is 2. The Kier molecular flexibility index (Phi) is 9.88. The lowest BCUT2D eigenvalue weighted by Gasteiger charge is -2.10. The van der Waals surface area contributed by atoms with Crippen LogP contribution in [0.1, 0.15) is 68.2 Å². The topological polar surface area (TPSA) is 93.1 Å². The number of ether oxygens (including phenoxy) is 2. The van der Waals surface area contributed by atoms with Gasteiger partial charge in [-0.15, -0.1) is 0 Å². The Morgan fingerprint density at radius 1 is 0.742 bits per heavy atom. The van der Waals surface area contributed by atoms with E-state index in [1.165, 1.54) is 0 Å². The fraction of sp³-hybridized carbons (Fsp3) is 0.440. The quantitative estimate of drug-likeness (QED) is 0.367. The van der Waals surface area contributed by atoms with Crippen molar-refractivity contribution in [2.45, 2.75) is 72.0 Å². The summed E-state index contributed by atoms with van der Waals surface area (Å²) in [6, 6.07) is 10.2. The first-order valence-corrected chi connectivity index (χ1v) is 10.9. The van der Waals surface area contributed by atoms with Crippen molar-refractivity contribution < 1.29 is 29.3 Å². The molecule has 6 heteroatoms. The first-order chi connectivity index (χ1) is 14.9. The zero-order chi connectivity index (χ0) is 22.6. The highest BCUT2D eigenvalue weighted by Gasteiger charge is 2.14. The maximum atomic E-state index is 12.0. The van der Waals surface area contributed by atoms with E-state index in [2.05, 4.69) is 13.8 Å². The van der Waals surface area contributed by atoms with Gasteiger partial charge in [0, 0.05) is 0 Å². The fourth-order valence-corrected chi connectivity index (χ4v) is 3.14. The van der Waals surface area contributed by atoms with Gasteiger partial charge in [0.25, 0.3) is 0 Å². The fourth-order valence-electron chi connectivity index (χ4n) is 3.14. The van der Waals surface area contributed by atoms with Gasteiger partial charge in [0.15, 0.2) is 0 Å².